The van der Waals surface area contributed by atoms with Gasteiger partial charge in [0.25, 0.3) is 5.91 Å². The molecule has 0 spiro atoms. The molecule has 5 rings (SSSR count). The van der Waals surface area contributed by atoms with Crippen LogP contribution in [0.2, 0.25) is 0 Å². The summed E-state index contributed by atoms with van der Waals surface area (Å²) in [6.45, 7) is 4.59. The Morgan fingerprint density at radius 1 is 0.979 bits per heavy atom. The first-order chi connectivity index (χ1) is 22.0. The Hall–Kier alpha value is -5.65. The molecule has 0 N–H and O–H groups in total. The van der Waals surface area contributed by atoms with E-state index in [0.717, 1.165) is 9.58 Å². The summed E-state index contributed by atoms with van der Waals surface area (Å²) in [7, 11) is 1.36. The van der Waals surface area contributed by atoms with Crippen molar-refractivity contribution in [2.75, 3.05) is 11.9 Å². The SMILES string of the molecule is CN(C(=O)c1cccc(-n2nc(C(F)(F)F)c(C#N)c2COc2ccc(C(=O)OC(C)(C)C)cc2)c1)c1ccc2c(c1)OC(F)(F)O2. The Morgan fingerprint density at radius 2 is 1.66 bits per heavy atom. The van der Waals surface area contributed by atoms with Gasteiger partial charge in [-0.25, -0.2) is 9.48 Å². The van der Waals surface area contributed by atoms with Gasteiger partial charge in [0.2, 0.25) is 0 Å². The average molecular weight is 657 g/mol. The zero-order chi connectivity index (χ0) is 34.3. The fourth-order valence-electron chi connectivity index (χ4n) is 4.52. The first kappa shape index (κ1) is 32.7. The summed E-state index contributed by atoms with van der Waals surface area (Å²) in [5.74, 6) is -1.56. The number of carbonyl (C=O) groups excluding carboxylic acids is 2. The van der Waals surface area contributed by atoms with Crippen LogP contribution in [-0.4, -0.2) is 40.6 Å². The van der Waals surface area contributed by atoms with Crippen LogP contribution < -0.4 is 19.1 Å². The molecule has 0 saturated heterocycles. The van der Waals surface area contributed by atoms with Crippen molar-refractivity contribution in [3.8, 4) is 29.0 Å². The number of rotatable bonds is 7. The highest BCUT2D eigenvalue weighted by atomic mass is 19.4. The molecular weight excluding hydrogens is 631 g/mol. The van der Waals surface area contributed by atoms with E-state index < -0.39 is 47.8 Å². The summed E-state index contributed by atoms with van der Waals surface area (Å²) in [4.78, 5) is 26.8. The quantitative estimate of drug-likeness (QED) is 0.156. The van der Waals surface area contributed by atoms with Crippen LogP contribution in [0.1, 0.15) is 58.4 Å². The van der Waals surface area contributed by atoms with Gasteiger partial charge in [-0.1, -0.05) is 6.07 Å². The third kappa shape index (κ3) is 7.11. The number of aromatic nitrogens is 2. The highest BCUT2D eigenvalue weighted by Gasteiger charge is 2.44. The number of halogens is 5. The standard InChI is InChI=1S/C32H25F5N4O6/c1-30(2,3)47-29(43)18-8-11-22(12-9-18)44-17-24-23(16-38)27(31(33,34)35)39-41(24)21-7-5-6-19(14-21)28(42)40(4)20-10-13-25-26(15-20)46-32(36,37)45-25/h5-15H,17H2,1-4H3. The van der Waals surface area contributed by atoms with Crippen molar-refractivity contribution in [1.82, 2.24) is 9.78 Å². The summed E-state index contributed by atoms with van der Waals surface area (Å²) in [5, 5.41) is 13.4. The summed E-state index contributed by atoms with van der Waals surface area (Å²) in [6.07, 6.45) is -8.85. The van der Waals surface area contributed by atoms with Crippen LogP contribution in [0.15, 0.2) is 66.7 Å². The molecule has 0 aliphatic carbocycles. The predicted octanol–water partition coefficient (Wildman–Crippen LogP) is 6.90. The first-order valence-corrected chi connectivity index (χ1v) is 13.8. The molecule has 1 aromatic heterocycles. The summed E-state index contributed by atoms with van der Waals surface area (Å²) >= 11 is 0. The van der Waals surface area contributed by atoms with E-state index in [4.69, 9.17) is 9.47 Å². The second kappa shape index (κ2) is 11.9. The van der Waals surface area contributed by atoms with Crippen LogP contribution in [0.3, 0.4) is 0 Å². The lowest BCUT2D eigenvalue weighted by atomic mass is 10.1. The minimum absolute atomic E-state index is 0.000151. The molecule has 0 radical (unpaired) electrons. The number of fused-ring (bicyclic) bond motifs is 1. The van der Waals surface area contributed by atoms with E-state index in [2.05, 4.69) is 14.6 Å². The van der Waals surface area contributed by atoms with Gasteiger partial charge in [0.1, 0.15) is 35.3 Å². The first-order valence-electron chi connectivity index (χ1n) is 13.8. The average Bonchev–Trinajstić information content (AvgIpc) is 3.54. The topological polar surface area (TPSA) is 116 Å². The zero-order valence-electron chi connectivity index (χ0n) is 25.2. The molecule has 0 atom stereocenters. The maximum Gasteiger partial charge on any atom is 0.586 e. The molecule has 0 fully saturated rings. The van der Waals surface area contributed by atoms with Crippen molar-refractivity contribution in [2.45, 2.75) is 45.5 Å². The number of hydrogen-bond donors (Lipinski definition) is 0. The van der Waals surface area contributed by atoms with Gasteiger partial charge >= 0.3 is 18.4 Å². The molecule has 0 unspecified atom stereocenters. The van der Waals surface area contributed by atoms with E-state index in [9.17, 15) is 36.8 Å². The molecule has 0 bridgehead atoms. The normalized spacial score (nSPS) is 13.5. The number of hydrogen-bond acceptors (Lipinski definition) is 8. The third-order valence-corrected chi connectivity index (χ3v) is 6.64. The van der Waals surface area contributed by atoms with E-state index in [1.165, 1.54) is 73.8 Å². The molecule has 1 amide bonds. The van der Waals surface area contributed by atoms with Crippen molar-refractivity contribution < 1.29 is 50.5 Å². The van der Waals surface area contributed by atoms with Crippen LogP contribution in [0, 0.1) is 11.3 Å². The minimum atomic E-state index is -5.00. The molecule has 10 nitrogen and oxygen atoms in total. The number of nitrogens with zero attached hydrogens (tertiary/aromatic N) is 4. The largest absolute Gasteiger partial charge is 0.586 e. The van der Waals surface area contributed by atoms with Crippen LogP contribution in [0.25, 0.3) is 5.69 Å². The molecule has 1 aliphatic heterocycles. The summed E-state index contributed by atoms with van der Waals surface area (Å²) in [5.41, 5.74) is -2.83. The number of nitriles is 1. The molecule has 15 heteroatoms. The maximum atomic E-state index is 14.0. The highest BCUT2D eigenvalue weighted by Crippen LogP contribution is 2.43. The lowest BCUT2D eigenvalue weighted by Gasteiger charge is -2.19. The number of carbonyl (C=O) groups is 2. The monoisotopic (exact) mass is 656 g/mol. The van der Waals surface area contributed by atoms with Crippen molar-refractivity contribution in [1.29, 1.82) is 5.26 Å². The fraction of sp³-hybridized carbons (Fsp3) is 0.250. The Labute approximate surface area is 264 Å². The molecule has 4 aromatic rings. The highest BCUT2D eigenvalue weighted by molar-refractivity contribution is 6.06. The van der Waals surface area contributed by atoms with Crippen molar-refractivity contribution in [2.24, 2.45) is 0 Å². The molecule has 244 valence electrons. The van der Waals surface area contributed by atoms with Crippen molar-refractivity contribution in [3.05, 3.63) is 94.8 Å². The number of ether oxygens (including phenoxy) is 4. The number of amides is 1. The van der Waals surface area contributed by atoms with E-state index in [1.54, 1.807) is 26.8 Å². The Balaban J connectivity index is 1.43. The van der Waals surface area contributed by atoms with Crippen molar-refractivity contribution in [3.63, 3.8) is 0 Å². The fourth-order valence-corrected chi connectivity index (χ4v) is 4.52. The van der Waals surface area contributed by atoms with Crippen LogP contribution >= 0.6 is 0 Å². The van der Waals surface area contributed by atoms with Gasteiger partial charge < -0.3 is 23.8 Å². The molecule has 2 heterocycles. The Morgan fingerprint density at radius 3 is 2.30 bits per heavy atom. The molecular formula is C32H25F5N4O6. The second-order valence-electron chi connectivity index (χ2n) is 11.2. The van der Waals surface area contributed by atoms with Crippen LogP contribution in [0.4, 0.5) is 27.6 Å². The van der Waals surface area contributed by atoms with Crippen molar-refractivity contribution >= 4 is 17.6 Å². The Kier molecular flexibility index (Phi) is 8.31. The molecule has 1 aliphatic rings. The van der Waals surface area contributed by atoms with E-state index in [1.807, 2.05) is 0 Å². The Bertz CT molecular complexity index is 1890. The second-order valence-corrected chi connectivity index (χ2v) is 11.2. The maximum absolute atomic E-state index is 14.0. The molecule has 47 heavy (non-hydrogen) atoms. The molecule has 3 aromatic carbocycles. The lowest BCUT2D eigenvalue weighted by molar-refractivity contribution is -0.286. The number of anilines is 1. The van der Waals surface area contributed by atoms with Gasteiger partial charge in [-0.05, 0) is 75.4 Å². The molecule has 0 saturated carbocycles. The smallest absolute Gasteiger partial charge is 0.487 e. The van der Waals surface area contributed by atoms with Crippen LogP contribution in [-0.2, 0) is 17.5 Å². The summed E-state index contributed by atoms with van der Waals surface area (Å²) < 4.78 is 89.5. The van der Waals surface area contributed by atoms with Crippen LogP contribution in [0.5, 0.6) is 17.2 Å². The van der Waals surface area contributed by atoms with E-state index in [-0.39, 0.29) is 45.4 Å². The number of benzene rings is 3. The number of esters is 1. The third-order valence-electron chi connectivity index (χ3n) is 6.64. The van der Waals surface area contributed by atoms with Gasteiger partial charge in [0.15, 0.2) is 17.2 Å². The van der Waals surface area contributed by atoms with Gasteiger partial charge in [0.05, 0.1) is 11.3 Å². The number of alkyl halides is 5. The van der Waals surface area contributed by atoms with Gasteiger partial charge in [-0.3, -0.25) is 4.79 Å². The summed E-state index contributed by atoms with van der Waals surface area (Å²) in [6, 6.07) is 16.4. The van der Waals surface area contributed by atoms with Gasteiger partial charge in [-0.15, -0.1) is 8.78 Å². The zero-order valence-corrected chi connectivity index (χ0v) is 25.2. The van der Waals surface area contributed by atoms with E-state index in [0.29, 0.717) is 0 Å². The lowest BCUT2D eigenvalue weighted by Crippen LogP contribution is -2.26. The van der Waals surface area contributed by atoms with E-state index >= 15 is 0 Å². The van der Waals surface area contributed by atoms with Gasteiger partial charge in [-0.2, -0.15) is 23.5 Å². The minimum Gasteiger partial charge on any atom is -0.487 e. The van der Waals surface area contributed by atoms with Gasteiger partial charge in [0, 0.05) is 24.4 Å². The predicted molar refractivity (Wildman–Crippen MR) is 155 cm³/mol.